The van der Waals surface area contributed by atoms with Gasteiger partial charge in [-0.15, -0.1) is 0 Å². The zero-order valence-electron chi connectivity index (χ0n) is 18.9. The number of nitrogens with zero attached hydrogens (tertiary/aromatic N) is 5. The van der Waals surface area contributed by atoms with Crippen LogP contribution in [0.25, 0.3) is 10.9 Å². The molecule has 1 aliphatic heterocycles. The fourth-order valence-corrected chi connectivity index (χ4v) is 5.10. The van der Waals surface area contributed by atoms with E-state index >= 15 is 0 Å². The molecule has 2 N–H and O–H groups in total. The lowest BCUT2D eigenvalue weighted by molar-refractivity contribution is 0.0534. The Balaban J connectivity index is 1.49. The van der Waals surface area contributed by atoms with Crippen molar-refractivity contribution in [1.82, 2.24) is 19.9 Å². The Bertz CT molecular complexity index is 1170. The molecule has 0 spiro atoms. The third-order valence-corrected chi connectivity index (χ3v) is 6.70. The second-order valence-corrected chi connectivity index (χ2v) is 8.46. The van der Waals surface area contributed by atoms with Crippen molar-refractivity contribution in [3.05, 3.63) is 42.2 Å². The number of ether oxygens (including phenoxy) is 2. The average Bonchev–Trinajstić information content (AvgIpc) is 2.87. The monoisotopic (exact) mass is 448 g/mol. The van der Waals surface area contributed by atoms with Crippen molar-refractivity contribution >= 4 is 28.6 Å². The van der Waals surface area contributed by atoms with E-state index in [1.54, 1.807) is 32.5 Å². The van der Waals surface area contributed by atoms with Crippen LogP contribution in [-0.4, -0.2) is 65.2 Å². The summed E-state index contributed by atoms with van der Waals surface area (Å²) in [4.78, 5) is 31.2. The van der Waals surface area contributed by atoms with Crippen molar-refractivity contribution in [1.29, 1.82) is 0 Å². The Labute approximate surface area is 192 Å². The third-order valence-electron chi connectivity index (χ3n) is 6.70. The number of benzene rings is 1. The number of aromatic nitrogens is 3. The fraction of sp³-hybridized carbons (Fsp3) is 0.417. The number of nitrogen functional groups attached to an aromatic ring is 1. The van der Waals surface area contributed by atoms with Crippen LogP contribution in [0.2, 0.25) is 0 Å². The van der Waals surface area contributed by atoms with Crippen LogP contribution in [0.5, 0.6) is 11.5 Å². The molecule has 0 radical (unpaired) electrons. The average molecular weight is 449 g/mol. The number of nitrogens with two attached hydrogens (primary N) is 1. The summed E-state index contributed by atoms with van der Waals surface area (Å²) in [5.41, 5.74) is 7.54. The second-order valence-electron chi connectivity index (χ2n) is 8.46. The molecular weight excluding hydrogens is 420 g/mol. The van der Waals surface area contributed by atoms with Gasteiger partial charge in [0, 0.05) is 30.7 Å². The number of carbonyl (C=O) groups is 1. The molecule has 33 heavy (non-hydrogen) atoms. The summed E-state index contributed by atoms with van der Waals surface area (Å²) in [6.45, 7) is 1.22. The zero-order chi connectivity index (χ0) is 22.9. The molecule has 2 atom stereocenters. The number of hydrogen-bond acceptors (Lipinski definition) is 8. The summed E-state index contributed by atoms with van der Waals surface area (Å²) in [6, 6.07) is 9.31. The molecule has 0 unspecified atom stereocenters. The first-order chi connectivity index (χ1) is 16.1. The maximum atomic E-state index is 13.2. The number of methoxy groups -OCH3 is 2. The summed E-state index contributed by atoms with van der Waals surface area (Å²) >= 11 is 0. The Morgan fingerprint density at radius 3 is 2.52 bits per heavy atom. The smallest absolute Gasteiger partial charge is 0.272 e. The van der Waals surface area contributed by atoms with Crippen LogP contribution in [-0.2, 0) is 0 Å². The lowest BCUT2D eigenvalue weighted by atomic mass is 9.86. The number of rotatable bonds is 4. The highest BCUT2D eigenvalue weighted by Gasteiger charge is 2.41. The maximum Gasteiger partial charge on any atom is 0.272 e. The highest BCUT2D eigenvalue weighted by molar-refractivity contribution is 5.93. The summed E-state index contributed by atoms with van der Waals surface area (Å²) in [7, 11) is 3.18. The van der Waals surface area contributed by atoms with Gasteiger partial charge < -0.3 is 25.0 Å². The van der Waals surface area contributed by atoms with Gasteiger partial charge in [0.2, 0.25) is 5.95 Å². The van der Waals surface area contributed by atoms with Crippen LogP contribution >= 0.6 is 0 Å². The van der Waals surface area contributed by atoms with Crippen molar-refractivity contribution in [2.45, 2.75) is 37.8 Å². The lowest BCUT2D eigenvalue weighted by Crippen LogP contribution is -2.62. The Hall–Kier alpha value is -3.62. The van der Waals surface area contributed by atoms with E-state index < -0.39 is 0 Å². The van der Waals surface area contributed by atoms with Gasteiger partial charge in [-0.2, -0.15) is 4.98 Å². The number of hydrogen-bond donors (Lipinski definition) is 1. The van der Waals surface area contributed by atoms with E-state index in [1.165, 1.54) is 0 Å². The molecule has 1 saturated heterocycles. The molecule has 0 bridgehead atoms. The standard InChI is InChI=1S/C24H28N6O3/c1-32-20-13-15-17(14-21(20)33-2)27-24(28-22(15)25)30-12-11-29(18-8-3-4-9-19(18)30)23(31)16-7-5-6-10-26-16/h5-7,10,13-14,18-19H,3-4,8-9,11-12H2,1-2H3,(H2,25,27,28)/t18-,19+/m0/s1. The minimum Gasteiger partial charge on any atom is -0.493 e. The Morgan fingerprint density at radius 1 is 1.03 bits per heavy atom. The molecule has 2 aliphatic rings. The normalized spacial score (nSPS) is 20.4. The molecule has 2 aromatic heterocycles. The number of anilines is 2. The van der Waals surface area contributed by atoms with Crippen molar-refractivity contribution in [3.8, 4) is 11.5 Å². The summed E-state index contributed by atoms with van der Waals surface area (Å²) in [6.07, 6.45) is 5.80. The van der Waals surface area contributed by atoms with Gasteiger partial charge in [-0.1, -0.05) is 18.9 Å². The summed E-state index contributed by atoms with van der Waals surface area (Å²) in [5.74, 6) is 2.16. The van der Waals surface area contributed by atoms with Crippen molar-refractivity contribution in [3.63, 3.8) is 0 Å². The van der Waals surface area contributed by atoms with Crippen LogP contribution < -0.4 is 20.1 Å². The molecule has 9 nitrogen and oxygen atoms in total. The predicted octanol–water partition coefficient (Wildman–Crippen LogP) is 2.90. The molecule has 3 heterocycles. The Kier molecular flexibility index (Phi) is 5.62. The number of pyridine rings is 1. The number of amides is 1. The number of carbonyl (C=O) groups excluding carboxylic acids is 1. The van der Waals surface area contributed by atoms with Gasteiger partial charge in [-0.05, 0) is 31.0 Å². The van der Waals surface area contributed by atoms with E-state index in [4.69, 9.17) is 20.2 Å². The molecule has 5 rings (SSSR count). The van der Waals surface area contributed by atoms with Gasteiger partial charge >= 0.3 is 0 Å². The quantitative estimate of drug-likeness (QED) is 0.649. The molecule has 1 aromatic carbocycles. The molecule has 1 amide bonds. The SMILES string of the molecule is COc1cc2nc(N3CCN(C(=O)c4ccccn4)[C@H]4CCCC[C@H]43)nc(N)c2cc1OC. The van der Waals surface area contributed by atoms with E-state index in [0.29, 0.717) is 47.6 Å². The largest absolute Gasteiger partial charge is 0.493 e. The van der Waals surface area contributed by atoms with Gasteiger partial charge in [0.05, 0.1) is 31.8 Å². The predicted molar refractivity (Wildman–Crippen MR) is 126 cm³/mol. The van der Waals surface area contributed by atoms with E-state index in [0.717, 1.165) is 31.1 Å². The Morgan fingerprint density at radius 2 is 1.79 bits per heavy atom. The maximum absolute atomic E-state index is 13.2. The third kappa shape index (κ3) is 3.77. The summed E-state index contributed by atoms with van der Waals surface area (Å²) < 4.78 is 10.8. The van der Waals surface area contributed by atoms with E-state index in [-0.39, 0.29) is 18.0 Å². The first-order valence-corrected chi connectivity index (χ1v) is 11.3. The van der Waals surface area contributed by atoms with Crippen molar-refractivity contribution < 1.29 is 14.3 Å². The summed E-state index contributed by atoms with van der Waals surface area (Å²) in [5, 5.41) is 0.723. The lowest BCUT2D eigenvalue weighted by Gasteiger charge is -2.49. The van der Waals surface area contributed by atoms with E-state index in [1.807, 2.05) is 23.1 Å². The first-order valence-electron chi connectivity index (χ1n) is 11.3. The molecule has 9 heteroatoms. The van der Waals surface area contributed by atoms with Crippen LogP contribution in [0, 0.1) is 0 Å². The van der Waals surface area contributed by atoms with Crippen LogP contribution in [0.3, 0.4) is 0 Å². The van der Waals surface area contributed by atoms with Gasteiger partial charge in [0.25, 0.3) is 5.91 Å². The number of piperazine rings is 1. The molecule has 1 aliphatic carbocycles. The van der Waals surface area contributed by atoms with Crippen molar-refractivity contribution in [2.24, 2.45) is 0 Å². The van der Waals surface area contributed by atoms with E-state index in [9.17, 15) is 4.79 Å². The second kappa shape index (κ2) is 8.73. The highest BCUT2D eigenvalue weighted by Crippen LogP contribution is 2.37. The topological polar surface area (TPSA) is 107 Å². The fourth-order valence-electron chi connectivity index (χ4n) is 5.10. The molecule has 1 saturated carbocycles. The number of fused-ring (bicyclic) bond motifs is 2. The molecule has 3 aromatic rings. The van der Waals surface area contributed by atoms with Gasteiger partial charge in [0.15, 0.2) is 11.5 Å². The van der Waals surface area contributed by atoms with Crippen LogP contribution in [0.4, 0.5) is 11.8 Å². The first kappa shape index (κ1) is 21.2. The van der Waals surface area contributed by atoms with Crippen LogP contribution in [0.15, 0.2) is 36.5 Å². The van der Waals surface area contributed by atoms with Gasteiger partial charge in [-0.25, -0.2) is 4.98 Å². The highest BCUT2D eigenvalue weighted by atomic mass is 16.5. The molecule has 2 fully saturated rings. The van der Waals surface area contributed by atoms with E-state index in [2.05, 4.69) is 14.9 Å². The van der Waals surface area contributed by atoms with Crippen LogP contribution in [0.1, 0.15) is 36.2 Å². The van der Waals surface area contributed by atoms with Gasteiger partial charge in [-0.3, -0.25) is 9.78 Å². The molecular formula is C24H28N6O3. The zero-order valence-corrected chi connectivity index (χ0v) is 18.9. The minimum absolute atomic E-state index is 0.0112. The molecule has 172 valence electrons. The minimum atomic E-state index is -0.0112. The van der Waals surface area contributed by atoms with Crippen molar-refractivity contribution in [2.75, 3.05) is 37.9 Å². The van der Waals surface area contributed by atoms with Gasteiger partial charge in [0.1, 0.15) is 11.5 Å².